The first-order valence-corrected chi connectivity index (χ1v) is 7.68. The summed E-state index contributed by atoms with van der Waals surface area (Å²) in [5.74, 6) is -0.0765. The minimum absolute atomic E-state index is 0.0765. The van der Waals surface area contributed by atoms with Crippen LogP contribution in [0.1, 0.15) is 40.9 Å². The van der Waals surface area contributed by atoms with Crippen molar-refractivity contribution in [2.24, 2.45) is 0 Å². The number of halogens is 1. The molecule has 2 aromatic rings. The summed E-state index contributed by atoms with van der Waals surface area (Å²) in [6.45, 7) is 7.13. The van der Waals surface area contributed by atoms with E-state index >= 15 is 0 Å². The number of hydrogen-bond donors (Lipinski definition) is 1. The van der Waals surface area contributed by atoms with E-state index in [-0.39, 0.29) is 11.3 Å². The van der Waals surface area contributed by atoms with E-state index in [1.807, 2.05) is 0 Å². The number of rotatable bonds is 3. The number of carbonyl (C=O) groups excluding carboxylic acids is 1. The minimum Gasteiger partial charge on any atom is -0.347 e. The predicted octanol–water partition coefficient (Wildman–Crippen LogP) is 4.63. The molecule has 1 heterocycles. The van der Waals surface area contributed by atoms with E-state index in [9.17, 15) is 4.79 Å². The van der Waals surface area contributed by atoms with Gasteiger partial charge in [-0.3, -0.25) is 4.79 Å². The fourth-order valence-corrected chi connectivity index (χ4v) is 2.88. The fraction of sp³-hybridized carbons (Fsp3) is 0.312. The van der Waals surface area contributed by atoms with Gasteiger partial charge in [0.2, 0.25) is 0 Å². The fourth-order valence-electron chi connectivity index (χ4n) is 1.75. The van der Waals surface area contributed by atoms with Crippen LogP contribution in [0.3, 0.4) is 0 Å². The Kier molecular flexibility index (Phi) is 4.51. The van der Waals surface area contributed by atoms with E-state index in [0.29, 0.717) is 17.1 Å². The van der Waals surface area contributed by atoms with Gasteiger partial charge in [-0.2, -0.15) is 0 Å². The zero-order valence-corrected chi connectivity index (χ0v) is 13.4. The minimum atomic E-state index is -0.0765. The summed E-state index contributed by atoms with van der Waals surface area (Å²) < 4.78 is 0. The van der Waals surface area contributed by atoms with Crippen molar-refractivity contribution in [3.63, 3.8) is 0 Å². The number of carbonyl (C=O) groups is 1. The molecule has 1 aromatic carbocycles. The average Bonchev–Trinajstić information content (AvgIpc) is 2.85. The summed E-state index contributed by atoms with van der Waals surface area (Å²) in [5, 5.41) is 3.56. The van der Waals surface area contributed by atoms with Gasteiger partial charge in [-0.1, -0.05) is 32.4 Å². The van der Waals surface area contributed by atoms with Gasteiger partial charge in [-0.15, -0.1) is 11.3 Å². The highest BCUT2D eigenvalue weighted by atomic mass is 35.5. The number of benzene rings is 1. The SMILES string of the molecule is CC(C)(C)c1ccc(CNC(=O)c2ccc(Cl)cc2)s1. The second-order valence-electron chi connectivity index (χ2n) is 5.71. The maximum Gasteiger partial charge on any atom is 0.251 e. The number of hydrogen-bond acceptors (Lipinski definition) is 2. The summed E-state index contributed by atoms with van der Waals surface area (Å²) in [6, 6.07) is 11.1. The lowest BCUT2D eigenvalue weighted by atomic mass is 9.95. The number of amides is 1. The number of nitrogens with one attached hydrogen (secondary N) is 1. The van der Waals surface area contributed by atoms with E-state index in [1.54, 1.807) is 35.6 Å². The highest BCUT2D eigenvalue weighted by molar-refractivity contribution is 7.12. The maximum atomic E-state index is 12.0. The molecule has 2 nitrogen and oxygen atoms in total. The zero-order chi connectivity index (χ0) is 14.8. The van der Waals surface area contributed by atoms with Gasteiger partial charge in [-0.05, 0) is 41.8 Å². The van der Waals surface area contributed by atoms with Crippen molar-refractivity contribution in [3.05, 3.63) is 56.7 Å². The normalized spacial score (nSPS) is 11.4. The summed E-state index contributed by atoms with van der Waals surface area (Å²) >= 11 is 7.55. The molecule has 0 bridgehead atoms. The van der Waals surface area contributed by atoms with Crippen LogP contribution in [0.5, 0.6) is 0 Å². The lowest BCUT2D eigenvalue weighted by Crippen LogP contribution is -2.22. The molecular weight excluding hydrogens is 290 g/mol. The predicted molar refractivity (Wildman–Crippen MR) is 85.6 cm³/mol. The third-order valence-corrected chi connectivity index (χ3v) is 4.69. The number of thiophene rings is 1. The third-order valence-electron chi connectivity index (χ3n) is 2.93. The Labute approximate surface area is 128 Å². The molecular formula is C16H18ClNOS. The van der Waals surface area contributed by atoms with Crippen molar-refractivity contribution >= 4 is 28.8 Å². The van der Waals surface area contributed by atoms with Crippen molar-refractivity contribution < 1.29 is 4.79 Å². The standard InChI is InChI=1S/C16H18ClNOS/c1-16(2,3)14-9-8-13(20-14)10-18-15(19)11-4-6-12(17)7-5-11/h4-9H,10H2,1-3H3,(H,18,19). The Morgan fingerprint density at radius 2 is 1.80 bits per heavy atom. The monoisotopic (exact) mass is 307 g/mol. The first-order chi connectivity index (χ1) is 9.36. The first-order valence-electron chi connectivity index (χ1n) is 6.49. The summed E-state index contributed by atoms with van der Waals surface area (Å²) in [6.07, 6.45) is 0. The van der Waals surface area contributed by atoms with Gasteiger partial charge in [-0.25, -0.2) is 0 Å². The third kappa shape index (κ3) is 3.84. The van der Waals surface area contributed by atoms with Gasteiger partial charge in [0.05, 0.1) is 6.54 Å². The Bertz CT molecular complexity index is 596. The van der Waals surface area contributed by atoms with Crippen molar-refractivity contribution in [2.45, 2.75) is 32.7 Å². The molecule has 1 aromatic heterocycles. The molecule has 1 amide bonds. The molecule has 2 rings (SSSR count). The van der Waals surface area contributed by atoms with Crippen LogP contribution in [0.4, 0.5) is 0 Å². The molecule has 0 spiro atoms. The molecule has 0 saturated heterocycles. The largest absolute Gasteiger partial charge is 0.347 e. The summed E-state index contributed by atoms with van der Waals surface area (Å²) in [4.78, 5) is 14.5. The lowest BCUT2D eigenvalue weighted by molar-refractivity contribution is 0.0951. The van der Waals surface area contributed by atoms with Crippen LogP contribution >= 0.6 is 22.9 Å². The van der Waals surface area contributed by atoms with Crippen molar-refractivity contribution in [1.29, 1.82) is 0 Å². The molecule has 1 N–H and O–H groups in total. The smallest absolute Gasteiger partial charge is 0.251 e. The summed E-state index contributed by atoms with van der Waals surface area (Å²) in [5.41, 5.74) is 0.783. The van der Waals surface area contributed by atoms with Gasteiger partial charge in [0.1, 0.15) is 0 Å². The highest BCUT2D eigenvalue weighted by Crippen LogP contribution is 2.29. The van der Waals surface area contributed by atoms with Crippen LogP contribution in [0.15, 0.2) is 36.4 Å². The van der Waals surface area contributed by atoms with E-state index in [2.05, 4.69) is 38.2 Å². The van der Waals surface area contributed by atoms with E-state index in [1.165, 1.54) is 4.88 Å². The molecule has 0 aliphatic carbocycles. The van der Waals surface area contributed by atoms with Gasteiger partial charge in [0.15, 0.2) is 0 Å². The highest BCUT2D eigenvalue weighted by Gasteiger charge is 2.16. The van der Waals surface area contributed by atoms with Crippen molar-refractivity contribution in [1.82, 2.24) is 5.32 Å². The zero-order valence-electron chi connectivity index (χ0n) is 11.9. The topological polar surface area (TPSA) is 29.1 Å². The van der Waals surface area contributed by atoms with Crippen molar-refractivity contribution in [3.8, 4) is 0 Å². The Morgan fingerprint density at radius 1 is 1.15 bits per heavy atom. The molecule has 0 aliphatic heterocycles. The molecule has 0 radical (unpaired) electrons. The molecule has 20 heavy (non-hydrogen) atoms. The van der Waals surface area contributed by atoms with E-state index in [4.69, 9.17) is 11.6 Å². The maximum absolute atomic E-state index is 12.0. The quantitative estimate of drug-likeness (QED) is 0.880. The second-order valence-corrected chi connectivity index (χ2v) is 7.31. The van der Waals surface area contributed by atoms with Gasteiger partial charge < -0.3 is 5.32 Å². The van der Waals surface area contributed by atoms with Gasteiger partial charge >= 0.3 is 0 Å². The van der Waals surface area contributed by atoms with Gasteiger partial charge in [0.25, 0.3) is 5.91 Å². The molecule has 0 fully saturated rings. The second kappa shape index (κ2) is 5.98. The Hall–Kier alpha value is -1.32. The van der Waals surface area contributed by atoms with Crippen LogP contribution < -0.4 is 5.32 Å². The first kappa shape index (κ1) is 15.1. The molecule has 0 unspecified atom stereocenters. The van der Waals surface area contributed by atoms with Gasteiger partial charge in [0, 0.05) is 20.3 Å². The Balaban J connectivity index is 1.97. The van der Waals surface area contributed by atoms with Crippen LogP contribution in [0.2, 0.25) is 5.02 Å². The molecule has 0 saturated carbocycles. The van der Waals surface area contributed by atoms with Crippen LogP contribution in [-0.4, -0.2) is 5.91 Å². The molecule has 0 atom stereocenters. The van der Waals surface area contributed by atoms with E-state index < -0.39 is 0 Å². The van der Waals surface area contributed by atoms with Crippen LogP contribution in [0, 0.1) is 0 Å². The molecule has 0 aliphatic rings. The Morgan fingerprint density at radius 3 is 2.35 bits per heavy atom. The van der Waals surface area contributed by atoms with Crippen LogP contribution in [0.25, 0.3) is 0 Å². The summed E-state index contributed by atoms with van der Waals surface area (Å²) in [7, 11) is 0. The van der Waals surface area contributed by atoms with Crippen LogP contribution in [-0.2, 0) is 12.0 Å². The lowest BCUT2D eigenvalue weighted by Gasteiger charge is -2.15. The average molecular weight is 308 g/mol. The molecule has 106 valence electrons. The van der Waals surface area contributed by atoms with Crippen molar-refractivity contribution in [2.75, 3.05) is 0 Å². The van der Waals surface area contributed by atoms with E-state index in [0.717, 1.165) is 4.88 Å². The molecule has 4 heteroatoms.